The first-order valence-corrected chi connectivity index (χ1v) is 6.01. The SMILES string of the molecule is C=C(CCl)COC1CCC(C)C(C)C1. The summed E-state index contributed by atoms with van der Waals surface area (Å²) in [5.41, 5.74) is 0.984. The molecule has 0 heterocycles. The first kappa shape index (κ1) is 12.1. The lowest BCUT2D eigenvalue weighted by Gasteiger charge is -2.32. The second-order valence-electron chi connectivity index (χ2n) is 4.58. The van der Waals surface area contributed by atoms with Gasteiger partial charge in [0.05, 0.1) is 12.7 Å². The largest absolute Gasteiger partial charge is 0.374 e. The Balaban J connectivity index is 2.23. The molecule has 0 bridgehead atoms. The Morgan fingerprint density at radius 2 is 2.07 bits per heavy atom. The lowest BCUT2D eigenvalue weighted by molar-refractivity contribution is 0.0145. The van der Waals surface area contributed by atoms with Crippen LogP contribution in [0.5, 0.6) is 0 Å². The zero-order valence-corrected chi connectivity index (χ0v) is 10.0. The molecule has 14 heavy (non-hydrogen) atoms. The van der Waals surface area contributed by atoms with Crippen molar-refractivity contribution in [2.24, 2.45) is 11.8 Å². The number of hydrogen-bond acceptors (Lipinski definition) is 1. The number of hydrogen-bond donors (Lipinski definition) is 0. The highest BCUT2D eigenvalue weighted by Gasteiger charge is 2.24. The van der Waals surface area contributed by atoms with Gasteiger partial charge in [-0.2, -0.15) is 0 Å². The van der Waals surface area contributed by atoms with Crippen LogP contribution in [0.2, 0.25) is 0 Å². The van der Waals surface area contributed by atoms with Crippen LogP contribution in [0.15, 0.2) is 12.2 Å². The summed E-state index contributed by atoms with van der Waals surface area (Å²) in [6, 6.07) is 0. The van der Waals surface area contributed by atoms with E-state index in [1.165, 1.54) is 19.3 Å². The maximum atomic E-state index is 5.77. The van der Waals surface area contributed by atoms with E-state index in [1.54, 1.807) is 0 Å². The highest BCUT2D eigenvalue weighted by molar-refractivity contribution is 6.19. The fraction of sp³-hybridized carbons (Fsp3) is 0.833. The topological polar surface area (TPSA) is 9.23 Å². The standard InChI is InChI=1S/C12H21ClO/c1-9(7-13)8-14-12-5-4-10(2)11(3)6-12/h10-12H,1,4-8H2,2-3H3. The molecule has 0 aromatic heterocycles. The molecular formula is C12H21ClO. The van der Waals surface area contributed by atoms with E-state index in [4.69, 9.17) is 16.3 Å². The van der Waals surface area contributed by atoms with Gasteiger partial charge in [0, 0.05) is 5.88 Å². The average Bonchev–Trinajstić information content (AvgIpc) is 2.19. The van der Waals surface area contributed by atoms with Gasteiger partial charge in [-0.1, -0.05) is 20.4 Å². The molecule has 0 aliphatic heterocycles. The van der Waals surface area contributed by atoms with Crippen molar-refractivity contribution in [1.82, 2.24) is 0 Å². The molecule has 1 nitrogen and oxygen atoms in total. The maximum Gasteiger partial charge on any atom is 0.0689 e. The molecule has 0 amide bonds. The predicted octanol–water partition coefficient (Wildman–Crippen LogP) is 3.62. The summed E-state index contributed by atoms with van der Waals surface area (Å²) < 4.78 is 5.77. The first-order chi connectivity index (χ1) is 6.63. The number of halogens is 1. The fourth-order valence-corrected chi connectivity index (χ4v) is 2.00. The van der Waals surface area contributed by atoms with Gasteiger partial charge in [-0.15, -0.1) is 11.6 Å². The van der Waals surface area contributed by atoms with Crippen molar-refractivity contribution in [1.29, 1.82) is 0 Å². The second kappa shape index (κ2) is 5.77. The normalized spacial score (nSPS) is 32.9. The van der Waals surface area contributed by atoms with Gasteiger partial charge in [0.2, 0.25) is 0 Å². The van der Waals surface area contributed by atoms with Gasteiger partial charge in [0.1, 0.15) is 0 Å². The zero-order valence-electron chi connectivity index (χ0n) is 9.26. The quantitative estimate of drug-likeness (QED) is 0.515. The minimum atomic E-state index is 0.432. The molecule has 3 unspecified atom stereocenters. The molecular weight excluding hydrogens is 196 g/mol. The summed E-state index contributed by atoms with van der Waals surface area (Å²) in [6.07, 6.45) is 4.11. The smallest absolute Gasteiger partial charge is 0.0689 e. The number of rotatable bonds is 4. The monoisotopic (exact) mass is 216 g/mol. The Labute approximate surface area is 92.5 Å². The molecule has 0 saturated heterocycles. The number of ether oxygens (including phenoxy) is 1. The van der Waals surface area contributed by atoms with Crippen LogP contribution in [0.3, 0.4) is 0 Å². The molecule has 0 spiro atoms. The van der Waals surface area contributed by atoms with Gasteiger partial charge >= 0.3 is 0 Å². The van der Waals surface area contributed by atoms with Crippen molar-refractivity contribution >= 4 is 11.6 Å². The maximum absolute atomic E-state index is 5.77. The lowest BCUT2D eigenvalue weighted by atomic mass is 9.80. The van der Waals surface area contributed by atoms with Crippen LogP contribution in [0.1, 0.15) is 33.1 Å². The molecule has 1 saturated carbocycles. The van der Waals surface area contributed by atoms with E-state index < -0.39 is 0 Å². The van der Waals surface area contributed by atoms with Crippen LogP contribution < -0.4 is 0 Å². The summed E-state index contributed by atoms with van der Waals surface area (Å²) in [5, 5.41) is 0. The van der Waals surface area contributed by atoms with Crippen LogP contribution >= 0.6 is 11.6 Å². The molecule has 0 radical (unpaired) electrons. The molecule has 1 rings (SSSR count). The molecule has 82 valence electrons. The molecule has 1 aliphatic rings. The average molecular weight is 217 g/mol. The first-order valence-electron chi connectivity index (χ1n) is 5.47. The highest BCUT2D eigenvalue weighted by atomic mass is 35.5. The summed E-state index contributed by atoms with van der Waals surface area (Å²) in [5.74, 6) is 2.16. The van der Waals surface area contributed by atoms with Crippen molar-refractivity contribution < 1.29 is 4.74 Å². The predicted molar refractivity (Wildman–Crippen MR) is 61.8 cm³/mol. The fourth-order valence-electron chi connectivity index (χ4n) is 1.92. The summed E-state index contributed by atoms with van der Waals surface area (Å²) in [6.45, 7) is 9.12. The van der Waals surface area contributed by atoms with Crippen LogP contribution in [0.25, 0.3) is 0 Å². The van der Waals surface area contributed by atoms with Gasteiger partial charge in [-0.3, -0.25) is 0 Å². The van der Waals surface area contributed by atoms with Crippen LogP contribution in [0.4, 0.5) is 0 Å². The van der Waals surface area contributed by atoms with E-state index in [2.05, 4.69) is 20.4 Å². The molecule has 0 N–H and O–H groups in total. The van der Waals surface area contributed by atoms with Crippen molar-refractivity contribution in [3.8, 4) is 0 Å². The molecule has 0 aromatic carbocycles. The van der Waals surface area contributed by atoms with Gasteiger partial charge < -0.3 is 4.74 Å². The van der Waals surface area contributed by atoms with E-state index in [0.29, 0.717) is 18.6 Å². The second-order valence-corrected chi connectivity index (χ2v) is 4.85. The van der Waals surface area contributed by atoms with Crippen LogP contribution in [-0.2, 0) is 4.74 Å². The minimum Gasteiger partial charge on any atom is -0.374 e. The highest BCUT2D eigenvalue weighted by Crippen LogP contribution is 2.30. The Morgan fingerprint density at radius 1 is 1.36 bits per heavy atom. The third kappa shape index (κ3) is 3.62. The van der Waals surface area contributed by atoms with Gasteiger partial charge in [-0.25, -0.2) is 0 Å². The van der Waals surface area contributed by atoms with Crippen molar-refractivity contribution in [3.63, 3.8) is 0 Å². The molecule has 1 aliphatic carbocycles. The van der Waals surface area contributed by atoms with Crippen molar-refractivity contribution in [3.05, 3.63) is 12.2 Å². The zero-order chi connectivity index (χ0) is 10.6. The van der Waals surface area contributed by atoms with E-state index >= 15 is 0 Å². The van der Waals surface area contributed by atoms with E-state index in [1.807, 2.05) is 0 Å². The molecule has 2 heteroatoms. The third-order valence-corrected chi connectivity index (χ3v) is 3.64. The van der Waals surface area contributed by atoms with Gasteiger partial charge in [0.15, 0.2) is 0 Å². The lowest BCUT2D eigenvalue weighted by Crippen LogP contribution is -2.27. The third-order valence-electron chi connectivity index (χ3n) is 3.26. The molecule has 1 fully saturated rings. The van der Waals surface area contributed by atoms with Gasteiger partial charge in [0.25, 0.3) is 0 Å². The van der Waals surface area contributed by atoms with Crippen molar-refractivity contribution in [2.45, 2.75) is 39.2 Å². The Bertz CT molecular complexity index is 191. The van der Waals surface area contributed by atoms with E-state index in [9.17, 15) is 0 Å². The van der Waals surface area contributed by atoms with Crippen molar-refractivity contribution in [2.75, 3.05) is 12.5 Å². The summed E-state index contributed by atoms with van der Waals surface area (Å²) in [4.78, 5) is 0. The van der Waals surface area contributed by atoms with Gasteiger partial charge in [-0.05, 0) is 36.7 Å². The molecule has 0 aromatic rings. The van der Waals surface area contributed by atoms with E-state index in [-0.39, 0.29) is 0 Å². The summed E-state index contributed by atoms with van der Waals surface area (Å²) in [7, 11) is 0. The van der Waals surface area contributed by atoms with Crippen LogP contribution in [0, 0.1) is 11.8 Å². The Morgan fingerprint density at radius 3 is 2.64 bits per heavy atom. The summed E-state index contributed by atoms with van der Waals surface area (Å²) >= 11 is 5.64. The minimum absolute atomic E-state index is 0.432. The Hall–Kier alpha value is -0.0100. The number of alkyl halides is 1. The molecule has 3 atom stereocenters. The van der Waals surface area contributed by atoms with E-state index in [0.717, 1.165) is 17.4 Å². The van der Waals surface area contributed by atoms with Crippen LogP contribution in [-0.4, -0.2) is 18.6 Å². The Kier molecular flexibility index (Phi) is 4.97.